The van der Waals surface area contributed by atoms with E-state index in [9.17, 15) is 5.26 Å². The molecule has 1 aromatic heterocycles. The first kappa shape index (κ1) is 20.2. The van der Waals surface area contributed by atoms with Crippen molar-refractivity contribution in [2.24, 2.45) is 11.3 Å². The second-order valence-electron chi connectivity index (χ2n) is 8.81. The summed E-state index contributed by atoms with van der Waals surface area (Å²) in [5, 5.41) is 9.83. The fourth-order valence-corrected chi connectivity index (χ4v) is 4.38. The third-order valence-electron chi connectivity index (χ3n) is 6.21. The molecule has 1 atom stereocenters. The molecule has 2 aromatic rings. The van der Waals surface area contributed by atoms with Crippen molar-refractivity contribution in [1.29, 1.82) is 5.26 Å². The van der Waals surface area contributed by atoms with E-state index in [1.807, 2.05) is 0 Å². The molecule has 0 amide bonds. The summed E-state index contributed by atoms with van der Waals surface area (Å²) < 4.78 is 0. The lowest BCUT2D eigenvalue weighted by Gasteiger charge is -2.35. The molecule has 0 aliphatic heterocycles. The molecule has 2 N–H and O–H groups in total. The van der Waals surface area contributed by atoms with Crippen molar-refractivity contribution in [3.63, 3.8) is 0 Å². The van der Waals surface area contributed by atoms with E-state index in [2.05, 4.69) is 74.8 Å². The molecule has 0 bridgehead atoms. The Balaban J connectivity index is 2.12. The van der Waals surface area contributed by atoms with E-state index in [1.165, 1.54) is 11.3 Å². The van der Waals surface area contributed by atoms with Gasteiger partial charge in [-0.05, 0) is 67.7 Å². The average molecular weight is 377 g/mol. The van der Waals surface area contributed by atoms with E-state index in [0.717, 1.165) is 49.2 Å². The van der Waals surface area contributed by atoms with Crippen molar-refractivity contribution in [2.75, 3.05) is 23.7 Å². The minimum Gasteiger partial charge on any atom is -0.383 e. The van der Waals surface area contributed by atoms with Crippen LogP contribution in [0.25, 0.3) is 11.1 Å². The Morgan fingerprint density at radius 3 is 2.36 bits per heavy atom. The molecule has 1 aliphatic rings. The number of hydrogen-bond acceptors (Lipinski definition) is 4. The number of nitrogen functional groups attached to an aromatic ring is 1. The molecule has 1 heterocycles. The number of fused-ring (bicyclic) bond motifs is 1. The predicted molar refractivity (Wildman–Crippen MR) is 117 cm³/mol. The van der Waals surface area contributed by atoms with E-state index in [1.54, 1.807) is 0 Å². The van der Waals surface area contributed by atoms with Crippen molar-refractivity contribution in [3.05, 3.63) is 41.1 Å². The zero-order valence-corrected chi connectivity index (χ0v) is 17.8. The zero-order chi connectivity index (χ0) is 20.5. The highest BCUT2D eigenvalue weighted by molar-refractivity contribution is 5.80. The van der Waals surface area contributed by atoms with E-state index in [0.29, 0.717) is 17.3 Å². The summed E-state index contributed by atoms with van der Waals surface area (Å²) in [6.07, 6.45) is 3.00. The van der Waals surface area contributed by atoms with Gasteiger partial charge in [0.1, 0.15) is 17.5 Å². The maximum absolute atomic E-state index is 9.83. The highest BCUT2D eigenvalue weighted by Crippen LogP contribution is 2.42. The monoisotopic (exact) mass is 376 g/mol. The molecule has 0 radical (unpaired) electrons. The van der Waals surface area contributed by atoms with Crippen LogP contribution in [0, 0.1) is 22.7 Å². The Labute approximate surface area is 169 Å². The SMILES string of the molecule is CCN(CC)c1ccc(-c2c(C#N)c(N)nc3c2CC(C(C)(C)C)CC3)cc1. The minimum absolute atomic E-state index is 0.232. The molecule has 3 rings (SSSR count). The van der Waals surface area contributed by atoms with Crippen molar-refractivity contribution in [1.82, 2.24) is 4.98 Å². The maximum Gasteiger partial charge on any atom is 0.142 e. The molecule has 148 valence electrons. The van der Waals surface area contributed by atoms with Crippen LogP contribution < -0.4 is 10.6 Å². The van der Waals surface area contributed by atoms with Crippen LogP contribution in [0.15, 0.2) is 24.3 Å². The van der Waals surface area contributed by atoms with Gasteiger partial charge in [0.2, 0.25) is 0 Å². The third kappa shape index (κ3) is 3.71. The smallest absolute Gasteiger partial charge is 0.142 e. The van der Waals surface area contributed by atoms with Gasteiger partial charge in [-0.1, -0.05) is 32.9 Å². The lowest BCUT2D eigenvalue weighted by molar-refractivity contribution is 0.215. The Morgan fingerprint density at radius 2 is 1.82 bits per heavy atom. The van der Waals surface area contributed by atoms with Crippen molar-refractivity contribution >= 4 is 11.5 Å². The van der Waals surface area contributed by atoms with Gasteiger partial charge in [0.05, 0.1) is 0 Å². The van der Waals surface area contributed by atoms with E-state index in [-0.39, 0.29) is 5.41 Å². The number of nitrogens with zero attached hydrogens (tertiary/aromatic N) is 3. The number of aryl methyl sites for hydroxylation is 1. The second-order valence-corrected chi connectivity index (χ2v) is 8.81. The lowest BCUT2D eigenvalue weighted by atomic mass is 9.70. The number of hydrogen-bond donors (Lipinski definition) is 1. The first-order valence-corrected chi connectivity index (χ1v) is 10.4. The van der Waals surface area contributed by atoms with Gasteiger partial charge in [-0.25, -0.2) is 4.98 Å². The molecule has 0 saturated carbocycles. The summed E-state index contributed by atoms with van der Waals surface area (Å²) in [4.78, 5) is 6.93. The number of benzene rings is 1. The van der Waals surface area contributed by atoms with Gasteiger partial charge < -0.3 is 10.6 Å². The van der Waals surface area contributed by atoms with Crippen LogP contribution in [0.1, 0.15) is 57.9 Å². The maximum atomic E-state index is 9.83. The normalized spacial score (nSPS) is 16.4. The Morgan fingerprint density at radius 1 is 1.18 bits per heavy atom. The minimum atomic E-state index is 0.232. The Kier molecular flexibility index (Phi) is 5.65. The molecule has 4 heteroatoms. The quantitative estimate of drug-likeness (QED) is 0.796. The van der Waals surface area contributed by atoms with Crippen LogP contribution in [0.4, 0.5) is 11.5 Å². The van der Waals surface area contributed by atoms with Gasteiger partial charge in [-0.3, -0.25) is 0 Å². The van der Waals surface area contributed by atoms with Crippen molar-refractivity contribution < 1.29 is 0 Å². The first-order valence-electron chi connectivity index (χ1n) is 10.4. The number of nitriles is 1. The molecule has 0 spiro atoms. The van der Waals surface area contributed by atoms with Gasteiger partial charge in [0.15, 0.2) is 0 Å². The Bertz CT molecular complexity index is 881. The largest absolute Gasteiger partial charge is 0.383 e. The van der Waals surface area contributed by atoms with Crippen LogP contribution >= 0.6 is 0 Å². The molecule has 28 heavy (non-hydrogen) atoms. The summed E-state index contributed by atoms with van der Waals surface area (Å²) in [6, 6.07) is 10.9. The fraction of sp³-hybridized carbons (Fsp3) is 0.500. The Hall–Kier alpha value is -2.54. The molecule has 4 nitrogen and oxygen atoms in total. The van der Waals surface area contributed by atoms with Crippen LogP contribution in [0.3, 0.4) is 0 Å². The number of nitrogens with two attached hydrogens (primary N) is 1. The third-order valence-corrected chi connectivity index (χ3v) is 6.21. The molecular formula is C24H32N4. The topological polar surface area (TPSA) is 65.9 Å². The van der Waals surface area contributed by atoms with Gasteiger partial charge in [-0.2, -0.15) is 5.26 Å². The van der Waals surface area contributed by atoms with Gasteiger partial charge >= 0.3 is 0 Å². The first-order chi connectivity index (χ1) is 13.3. The van der Waals surface area contributed by atoms with Crippen LogP contribution in [-0.4, -0.2) is 18.1 Å². The van der Waals surface area contributed by atoms with Crippen LogP contribution in [0.2, 0.25) is 0 Å². The molecule has 0 fully saturated rings. The van der Waals surface area contributed by atoms with Crippen LogP contribution in [-0.2, 0) is 12.8 Å². The predicted octanol–water partition coefficient (Wildman–Crippen LogP) is 5.20. The number of pyridine rings is 1. The molecule has 1 aliphatic carbocycles. The standard InChI is InChI=1S/C24H32N4/c1-6-28(7-2)18-11-8-16(9-12-18)22-19-14-17(24(3,4)5)10-13-21(19)27-23(26)20(22)15-25/h8-9,11-12,17H,6-7,10,13-14H2,1-5H3,(H2,26,27). The number of rotatable bonds is 4. The van der Waals surface area contributed by atoms with Crippen LogP contribution in [0.5, 0.6) is 0 Å². The number of aromatic nitrogens is 1. The average Bonchev–Trinajstić information content (AvgIpc) is 2.67. The lowest BCUT2D eigenvalue weighted by Crippen LogP contribution is -2.28. The van der Waals surface area contributed by atoms with E-state index >= 15 is 0 Å². The second kappa shape index (κ2) is 7.83. The van der Waals surface area contributed by atoms with Crippen molar-refractivity contribution in [3.8, 4) is 17.2 Å². The number of anilines is 2. The van der Waals surface area contributed by atoms with Gasteiger partial charge in [0.25, 0.3) is 0 Å². The summed E-state index contributed by atoms with van der Waals surface area (Å²) in [7, 11) is 0. The van der Waals surface area contributed by atoms with E-state index in [4.69, 9.17) is 5.73 Å². The van der Waals surface area contributed by atoms with Gasteiger partial charge in [-0.15, -0.1) is 0 Å². The van der Waals surface area contributed by atoms with E-state index < -0.39 is 0 Å². The summed E-state index contributed by atoms with van der Waals surface area (Å²) in [5.74, 6) is 0.934. The molecule has 1 unspecified atom stereocenters. The van der Waals surface area contributed by atoms with Crippen molar-refractivity contribution in [2.45, 2.75) is 53.9 Å². The molecule has 0 saturated heterocycles. The summed E-state index contributed by atoms with van der Waals surface area (Å²) in [6.45, 7) is 13.2. The summed E-state index contributed by atoms with van der Waals surface area (Å²) >= 11 is 0. The highest BCUT2D eigenvalue weighted by atomic mass is 15.1. The summed E-state index contributed by atoms with van der Waals surface area (Å²) in [5.41, 5.74) is 12.5. The molecular weight excluding hydrogens is 344 g/mol. The molecule has 1 aromatic carbocycles. The fourth-order valence-electron chi connectivity index (χ4n) is 4.38. The zero-order valence-electron chi connectivity index (χ0n) is 17.8. The van der Waals surface area contributed by atoms with Gasteiger partial charge in [0, 0.05) is 30.0 Å². The highest BCUT2D eigenvalue weighted by Gasteiger charge is 2.32.